The summed E-state index contributed by atoms with van der Waals surface area (Å²) >= 11 is 0. The van der Waals surface area contributed by atoms with Crippen LogP contribution in [0.5, 0.6) is 0 Å². The normalized spacial score (nSPS) is 20.0. The molecule has 3 aromatic carbocycles. The fourth-order valence-corrected chi connectivity index (χ4v) is 5.48. The number of benzene rings is 3. The van der Waals surface area contributed by atoms with Crippen molar-refractivity contribution in [3.8, 4) is 0 Å². The van der Waals surface area contributed by atoms with Crippen molar-refractivity contribution in [2.24, 2.45) is 0 Å². The number of hydrogen-bond donors (Lipinski definition) is 3. The number of ketones is 1. The van der Waals surface area contributed by atoms with Crippen molar-refractivity contribution in [3.63, 3.8) is 0 Å². The number of aliphatic hydroxyl groups is 1. The quantitative estimate of drug-likeness (QED) is 0.441. The molecule has 2 fully saturated rings. The van der Waals surface area contributed by atoms with E-state index in [0.717, 1.165) is 60.7 Å². The summed E-state index contributed by atoms with van der Waals surface area (Å²) in [4.78, 5) is 18.5. The van der Waals surface area contributed by atoms with Gasteiger partial charge in [0.25, 0.3) is 0 Å². The monoisotopic (exact) mass is 484 g/mol. The van der Waals surface area contributed by atoms with Gasteiger partial charge in [-0.15, -0.1) is 0 Å². The summed E-state index contributed by atoms with van der Waals surface area (Å²) in [5, 5.41) is 16.7. The smallest absolute Gasteiger partial charge is 0.195 e. The van der Waals surface area contributed by atoms with E-state index in [0.29, 0.717) is 18.2 Å². The van der Waals surface area contributed by atoms with Crippen molar-refractivity contribution in [2.75, 3.05) is 54.4 Å². The van der Waals surface area contributed by atoms with E-state index in [-0.39, 0.29) is 18.4 Å². The summed E-state index contributed by atoms with van der Waals surface area (Å²) in [6, 6.07) is 22.9. The molecule has 6 heteroatoms. The van der Waals surface area contributed by atoms with Crippen molar-refractivity contribution in [3.05, 3.63) is 89.0 Å². The molecule has 5 rings (SSSR count). The number of carbonyl (C=O) groups excluding carboxylic acids is 1. The van der Waals surface area contributed by atoms with Gasteiger partial charge in [0, 0.05) is 73.0 Å². The minimum Gasteiger partial charge on any atom is -0.395 e. The van der Waals surface area contributed by atoms with Crippen LogP contribution >= 0.6 is 0 Å². The zero-order chi connectivity index (χ0) is 25.1. The van der Waals surface area contributed by atoms with Gasteiger partial charge < -0.3 is 25.5 Å². The van der Waals surface area contributed by atoms with Crippen molar-refractivity contribution in [1.29, 1.82) is 0 Å². The molecule has 0 spiro atoms. The van der Waals surface area contributed by atoms with Crippen LogP contribution in [-0.4, -0.2) is 62.3 Å². The maximum atomic E-state index is 13.9. The number of para-hydroxylation sites is 2. The van der Waals surface area contributed by atoms with E-state index in [9.17, 15) is 9.90 Å². The molecule has 6 nitrogen and oxygen atoms in total. The highest BCUT2D eigenvalue weighted by molar-refractivity contribution is 6.13. The first-order valence-corrected chi connectivity index (χ1v) is 12.9. The van der Waals surface area contributed by atoms with Gasteiger partial charge in [0.2, 0.25) is 0 Å². The average Bonchev–Trinajstić information content (AvgIpc) is 3.39. The Balaban J connectivity index is 1.37. The van der Waals surface area contributed by atoms with Crippen LogP contribution in [0.25, 0.3) is 0 Å². The highest BCUT2D eigenvalue weighted by Crippen LogP contribution is 2.30. The zero-order valence-corrected chi connectivity index (χ0v) is 21.2. The molecule has 0 saturated carbocycles. The summed E-state index contributed by atoms with van der Waals surface area (Å²) in [5.74, 6) is 0.0440. The Labute approximate surface area is 213 Å². The molecule has 188 valence electrons. The highest BCUT2D eigenvalue weighted by Gasteiger charge is 2.26. The predicted octanol–water partition coefficient (Wildman–Crippen LogP) is 4.00. The van der Waals surface area contributed by atoms with Crippen LogP contribution in [-0.2, 0) is 0 Å². The number of piperazine rings is 1. The van der Waals surface area contributed by atoms with Crippen molar-refractivity contribution in [1.82, 2.24) is 5.32 Å². The number of nitrogens with zero attached hydrogens (tertiary/aromatic N) is 2. The molecule has 2 unspecified atom stereocenters. The summed E-state index contributed by atoms with van der Waals surface area (Å²) in [6.45, 7) is 8.45. The van der Waals surface area contributed by atoms with E-state index in [1.807, 2.05) is 37.3 Å². The van der Waals surface area contributed by atoms with E-state index in [4.69, 9.17) is 0 Å². The van der Waals surface area contributed by atoms with Crippen LogP contribution in [0.2, 0.25) is 0 Å². The SMILES string of the molecule is Cc1cc(C)c(C(=O)c2ccccc2N2CCNC(CO)C2)cc1NC1CCN(c2ccccc2)C1. The molecule has 2 aliphatic heterocycles. The van der Waals surface area contributed by atoms with Crippen LogP contribution in [0.15, 0.2) is 66.7 Å². The van der Waals surface area contributed by atoms with Gasteiger partial charge in [0.1, 0.15) is 0 Å². The number of aryl methyl sites for hydroxylation is 2. The maximum absolute atomic E-state index is 13.9. The Bertz CT molecular complexity index is 1210. The number of aliphatic hydroxyl groups excluding tert-OH is 1. The van der Waals surface area contributed by atoms with E-state index in [1.54, 1.807) is 0 Å². The second kappa shape index (κ2) is 10.7. The maximum Gasteiger partial charge on any atom is 0.195 e. The number of nitrogens with one attached hydrogen (secondary N) is 2. The summed E-state index contributed by atoms with van der Waals surface area (Å²) in [7, 11) is 0. The lowest BCUT2D eigenvalue weighted by atomic mass is 9.94. The third-order valence-corrected chi connectivity index (χ3v) is 7.45. The van der Waals surface area contributed by atoms with Crippen LogP contribution < -0.4 is 20.4 Å². The van der Waals surface area contributed by atoms with Gasteiger partial charge in [0.05, 0.1) is 6.61 Å². The van der Waals surface area contributed by atoms with Gasteiger partial charge in [-0.2, -0.15) is 0 Å². The number of carbonyl (C=O) groups is 1. The fourth-order valence-electron chi connectivity index (χ4n) is 5.48. The lowest BCUT2D eigenvalue weighted by Gasteiger charge is -2.35. The van der Waals surface area contributed by atoms with Gasteiger partial charge in [-0.1, -0.05) is 36.4 Å². The molecule has 0 aromatic heterocycles. The third-order valence-electron chi connectivity index (χ3n) is 7.45. The highest BCUT2D eigenvalue weighted by atomic mass is 16.3. The summed E-state index contributed by atoms with van der Waals surface area (Å²) in [5.41, 5.74) is 6.82. The van der Waals surface area contributed by atoms with Crippen molar-refractivity contribution in [2.45, 2.75) is 32.4 Å². The lowest BCUT2D eigenvalue weighted by Crippen LogP contribution is -2.52. The molecule has 3 N–H and O–H groups in total. The minimum atomic E-state index is 0.0145. The fraction of sp³-hybridized carbons (Fsp3) is 0.367. The Morgan fingerprint density at radius 1 is 0.944 bits per heavy atom. The van der Waals surface area contributed by atoms with Gasteiger partial charge in [-0.3, -0.25) is 4.79 Å². The molecule has 3 aromatic rings. The van der Waals surface area contributed by atoms with Gasteiger partial charge in [-0.25, -0.2) is 0 Å². The first-order valence-electron chi connectivity index (χ1n) is 12.9. The minimum absolute atomic E-state index is 0.0145. The molecule has 36 heavy (non-hydrogen) atoms. The standard InChI is InChI=1S/C30H36N4O2/c1-21-16-22(2)28(32-23-12-14-33(18-23)25-8-4-3-5-9-25)17-27(21)30(36)26-10-6-7-11-29(26)34-15-13-31-24(19-34)20-35/h3-11,16-17,23-24,31-32,35H,12-15,18-20H2,1-2H3. The van der Waals surface area contributed by atoms with Crippen LogP contribution in [0.1, 0.15) is 33.5 Å². The Morgan fingerprint density at radius 2 is 1.72 bits per heavy atom. The van der Waals surface area contributed by atoms with E-state index in [2.05, 4.69) is 63.8 Å². The van der Waals surface area contributed by atoms with Crippen LogP contribution in [0.3, 0.4) is 0 Å². The molecular formula is C30H36N4O2. The molecule has 2 heterocycles. The second-order valence-corrected chi connectivity index (χ2v) is 10.0. The topological polar surface area (TPSA) is 67.8 Å². The molecule has 2 saturated heterocycles. The zero-order valence-electron chi connectivity index (χ0n) is 21.2. The average molecular weight is 485 g/mol. The van der Waals surface area contributed by atoms with E-state index in [1.165, 1.54) is 5.69 Å². The van der Waals surface area contributed by atoms with Gasteiger partial charge in [-0.05, 0) is 61.7 Å². The second-order valence-electron chi connectivity index (χ2n) is 10.0. The predicted molar refractivity (Wildman–Crippen MR) is 148 cm³/mol. The third kappa shape index (κ3) is 5.11. The largest absolute Gasteiger partial charge is 0.395 e. The first kappa shape index (κ1) is 24.3. The van der Waals surface area contributed by atoms with E-state index < -0.39 is 0 Å². The molecule has 0 bridgehead atoms. The molecule has 2 aliphatic rings. The molecular weight excluding hydrogens is 448 g/mol. The molecule has 0 radical (unpaired) electrons. The number of hydrogen-bond acceptors (Lipinski definition) is 6. The molecule has 0 amide bonds. The van der Waals surface area contributed by atoms with Crippen molar-refractivity contribution >= 4 is 22.8 Å². The van der Waals surface area contributed by atoms with Crippen LogP contribution in [0.4, 0.5) is 17.1 Å². The van der Waals surface area contributed by atoms with Crippen LogP contribution in [0, 0.1) is 13.8 Å². The summed E-state index contributed by atoms with van der Waals surface area (Å²) in [6.07, 6.45) is 1.06. The van der Waals surface area contributed by atoms with E-state index >= 15 is 0 Å². The van der Waals surface area contributed by atoms with Crippen molar-refractivity contribution < 1.29 is 9.90 Å². The lowest BCUT2D eigenvalue weighted by molar-refractivity contribution is 0.103. The molecule has 2 atom stereocenters. The number of rotatable bonds is 7. The summed E-state index contributed by atoms with van der Waals surface area (Å²) < 4.78 is 0. The Kier molecular flexibility index (Phi) is 7.25. The number of anilines is 3. The van der Waals surface area contributed by atoms with Gasteiger partial charge in [0.15, 0.2) is 5.78 Å². The van der Waals surface area contributed by atoms with Gasteiger partial charge >= 0.3 is 0 Å². The molecule has 0 aliphatic carbocycles. The first-order chi connectivity index (χ1) is 17.5. The Hall–Kier alpha value is -3.35. The Morgan fingerprint density at radius 3 is 2.53 bits per heavy atom.